The average molecular weight is 194 g/mol. The summed E-state index contributed by atoms with van der Waals surface area (Å²) in [6.07, 6.45) is 0. The summed E-state index contributed by atoms with van der Waals surface area (Å²) in [4.78, 5) is 0. The second-order valence-electron chi connectivity index (χ2n) is 3.74. The Bertz CT molecular complexity index is 470. The van der Waals surface area contributed by atoms with Gasteiger partial charge in [-0.15, -0.1) is 0 Å². The number of phenolic OH excluding ortho intramolecular Hbond substituents is 1. The van der Waals surface area contributed by atoms with E-state index in [-0.39, 0.29) is 5.75 Å². The van der Waals surface area contributed by atoms with Crippen LogP contribution in [0.4, 0.5) is 4.39 Å². The highest BCUT2D eigenvalue weighted by Crippen LogP contribution is 2.32. The van der Waals surface area contributed by atoms with E-state index in [1.807, 2.05) is 0 Å². The van der Waals surface area contributed by atoms with E-state index in [1.54, 1.807) is 12.1 Å². The summed E-state index contributed by atoms with van der Waals surface area (Å²) in [7, 11) is 0. The van der Waals surface area contributed by atoms with Gasteiger partial charge in [0.05, 0.1) is 5.69 Å². The molecule has 0 unspecified atom stereocenters. The van der Waals surface area contributed by atoms with Gasteiger partial charge < -0.3 is 5.11 Å². The summed E-state index contributed by atoms with van der Waals surface area (Å²) in [5, 5.41) is 16.5. The number of aromatic nitrogens is 2. The van der Waals surface area contributed by atoms with E-state index in [0.29, 0.717) is 16.6 Å². The molecule has 0 aliphatic carbocycles. The molecule has 2 aromatic rings. The van der Waals surface area contributed by atoms with Crippen LogP contribution in [0.15, 0.2) is 18.2 Å². The molecule has 0 amide bonds. The fraction of sp³-hybridized carbons (Fsp3) is 0.300. The number of aromatic amines is 1. The maximum Gasteiger partial charge on any atom is 0.147 e. The Kier molecular flexibility index (Phi) is 1.74. The fourth-order valence-corrected chi connectivity index (χ4v) is 1.48. The van der Waals surface area contributed by atoms with Crippen LogP contribution in [0.1, 0.15) is 19.5 Å². The third-order valence-electron chi connectivity index (χ3n) is 2.16. The van der Waals surface area contributed by atoms with Gasteiger partial charge in [0.2, 0.25) is 0 Å². The summed E-state index contributed by atoms with van der Waals surface area (Å²) in [5.74, 6) is 0.0641. The second kappa shape index (κ2) is 2.70. The molecule has 2 N–H and O–H groups in total. The molecule has 0 atom stereocenters. The summed E-state index contributed by atoms with van der Waals surface area (Å²) in [6.45, 7) is 2.90. The van der Waals surface area contributed by atoms with Gasteiger partial charge in [-0.25, -0.2) is 4.39 Å². The van der Waals surface area contributed by atoms with Crippen molar-refractivity contribution >= 4 is 10.9 Å². The van der Waals surface area contributed by atoms with Gasteiger partial charge in [0.15, 0.2) is 0 Å². The number of fused-ring (bicyclic) bond motifs is 1. The Hall–Kier alpha value is -1.58. The molecule has 14 heavy (non-hydrogen) atoms. The fourth-order valence-electron chi connectivity index (χ4n) is 1.48. The monoisotopic (exact) mass is 194 g/mol. The number of halogens is 1. The van der Waals surface area contributed by atoms with E-state index in [1.165, 1.54) is 19.9 Å². The number of H-pyrrole nitrogens is 1. The van der Waals surface area contributed by atoms with Gasteiger partial charge in [0.1, 0.15) is 16.9 Å². The Labute approximate surface area is 80.6 Å². The minimum atomic E-state index is -1.48. The maximum atomic E-state index is 13.7. The third kappa shape index (κ3) is 1.23. The Balaban J connectivity index is 2.76. The van der Waals surface area contributed by atoms with Crippen molar-refractivity contribution in [2.75, 3.05) is 0 Å². The highest BCUT2D eigenvalue weighted by molar-refractivity contribution is 5.86. The van der Waals surface area contributed by atoms with Crippen molar-refractivity contribution in [2.24, 2.45) is 0 Å². The van der Waals surface area contributed by atoms with E-state index < -0.39 is 5.67 Å². The predicted molar refractivity (Wildman–Crippen MR) is 51.9 cm³/mol. The highest BCUT2D eigenvalue weighted by atomic mass is 19.1. The van der Waals surface area contributed by atoms with Crippen LogP contribution in [0.25, 0.3) is 10.9 Å². The number of alkyl halides is 1. The number of hydrogen-bond donors (Lipinski definition) is 2. The van der Waals surface area contributed by atoms with Gasteiger partial charge in [0.25, 0.3) is 0 Å². The van der Waals surface area contributed by atoms with E-state index in [0.717, 1.165) is 0 Å². The number of nitrogens with zero attached hydrogens (tertiary/aromatic N) is 1. The zero-order valence-corrected chi connectivity index (χ0v) is 8.00. The van der Waals surface area contributed by atoms with Crippen molar-refractivity contribution in [2.45, 2.75) is 19.5 Å². The topological polar surface area (TPSA) is 48.9 Å². The SMILES string of the molecule is CC(C)(F)c1[nH]nc2c(O)cccc12. The maximum absolute atomic E-state index is 13.7. The summed E-state index contributed by atoms with van der Waals surface area (Å²) in [6, 6.07) is 4.93. The Morgan fingerprint density at radius 1 is 1.43 bits per heavy atom. The van der Waals surface area contributed by atoms with E-state index in [9.17, 15) is 9.50 Å². The van der Waals surface area contributed by atoms with Gasteiger partial charge in [-0.3, -0.25) is 5.10 Å². The lowest BCUT2D eigenvalue weighted by molar-refractivity contribution is 0.216. The Morgan fingerprint density at radius 2 is 2.14 bits per heavy atom. The van der Waals surface area contributed by atoms with Crippen LogP contribution in [0.2, 0.25) is 0 Å². The smallest absolute Gasteiger partial charge is 0.147 e. The average Bonchev–Trinajstić information content (AvgIpc) is 2.47. The van der Waals surface area contributed by atoms with Gasteiger partial charge >= 0.3 is 0 Å². The van der Waals surface area contributed by atoms with Crippen molar-refractivity contribution in [1.29, 1.82) is 0 Å². The van der Waals surface area contributed by atoms with Crippen molar-refractivity contribution in [3.05, 3.63) is 23.9 Å². The number of para-hydroxylation sites is 1. The molecule has 0 spiro atoms. The normalized spacial score (nSPS) is 12.2. The summed E-state index contributed by atoms with van der Waals surface area (Å²) < 4.78 is 13.7. The molecule has 0 bridgehead atoms. The number of hydrogen-bond acceptors (Lipinski definition) is 2. The third-order valence-corrected chi connectivity index (χ3v) is 2.16. The largest absolute Gasteiger partial charge is 0.506 e. The lowest BCUT2D eigenvalue weighted by Gasteiger charge is -2.11. The number of aromatic hydroxyl groups is 1. The summed E-state index contributed by atoms with van der Waals surface area (Å²) in [5.41, 5.74) is -0.681. The first-order valence-electron chi connectivity index (χ1n) is 4.35. The van der Waals surface area contributed by atoms with Crippen LogP contribution in [0.5, 0.6) is 5.75 Å². The van der Waals surface area contributed by atoms with Crippen LogP contribution < -0.4 is 0 Å². The highest BCUT2D eigenvalue weighted by Gasteiger charge is 2.24. The molecular weight excluding hydrogens is 183 g/mol. The molecular formula is C10H11FN2O. The van der Waals surface area contributed by atoms with Crippen LogP contribution in [-0.4, -0.2) is 15.3 Å². The van der Waals surface area contributed by atoms with Crippen LogP contribution >= 0.6 is 0 Å². The molecule has 1 heterocycles. The molecule has 0 aliphatic heterocycles. The molecule has 74 valence electrons. The lowest BCUT2D eigenvalue weighted by Crippen LogP contribution is -2.09. The number of rotatable bonds is 1. The van der Waals surface area contributed by atoms with Crippen LogP contribution in [-0.2, 0) is 5.67 Å². The standard InChI is InChI=1S/C10H11FN2O/c1-10(2,11)9-6-4-3-5-7(14)8(6)12-13-9/h3-5,14H,1-2H3,(H,12,13). The second-order valence-corrected chi connectivity index (χ2v) is 3.74. The quantitative estimate of drug-likeness (QED) is 0.732. The van der Waals surface area contributed by atoms with Crippen LogP contribution in [0, 0.1) is 0 Å². The molecule has 3 nitrogen and oxygen atoms in total. The minimum Gasteiger partial charge on any atom is -0.506 e. The van der Waals surface area contributed by atoms with Crippen molar-refractivity contribution < 1.29 is 9.50 Å². The zero-order valence-electron chi connectivity index (χ0n) is 8.00. The number of nitrogens with one attached hydrogen (secondary N) is 1. The first-order valence-corrected chi connectivity index (χ1v) is 4.35. The summed E-state index contributed by atoms with van der Waals surface area (Å²) >= 11 is 0. The van der Waals surface area contributed by atoms with Gasteiger partial charge in [-0.2, -0.15) is 5.10 Å². The lowest BCUT2D eigenvalue weighted by atomic mass is 10.0. The van der Waals surface area contributed by atoms with Gasteiger partial charge in [-0.1, -0.05) is 12.1 Å². The molecule has 2 rings (SSSR count). The molecule has 0 saturated carbocycles. The predicted octanol–water partition coefficient (Wildman–Crippen LogP) is 2.47. The first-order chi connectivity index (χ1) is 6.50. The number of phenols is 1. The van der Waals surface area contributed by atoms with Crippen molar-refractivity contribution in [3.63, 3.8) is 0 Å². The molecule has 0 fully saturated rings. The Morgan fingerprint density at radius 3 is 2.79 bits per heavy atom. The van der Waals surface area contributed by atoms with E-state index in [4.69, 9.17) is 0 Å². The van der Waals surface area contributed by atoms with Crippen molar-refractivity contribution in [3.8, 4) is 5.75 Å². The van der Waals surface area contributed by atoms with Gasteiger partial charge in [-0.05, 0) is 19.9 Å². The molecule has 0 aliphatic rings. The number of benzene rings is 1. The molecule has 4 heteroatoms. The molecule has 0 radical (unpaired) electrons. The van der Waals surface area contributed by atoms with Gasteiger partial charge in [0, 0.05) is 5.39 Å². The molecule has 1 aromatic heterocycles. The van der Waals surface area contributed by atoms with E-state index >= 15 is 0 Å². The van der Waals surface area contributed by atoms with E-state index in [2.05, 4.69) is 10.2 Å². The first kappa shape index (κ1) is 8.99. The minimum absolute atomic E-state index is 0.0641. The van der Waals surface area contributed by atoms with Crippen molar-refractivity contribution in [1.82, 2.24) is 10.2 Å². The molecule has 1 aromatic carbocycles. The molecule has 0 saturated heterocycles. The van der Waals surface area contributed by atoms with Crippen LogP contribution in [0.3, 0.4) is 0 Å². The zero-order chi connectivity index (χ0) is 10.3.